The molecule has 2 aromatic heterocycles. The number of aryl methyl sites for hydroxylation is 2. The first-order valence-electron chi connectivity index (χ1n) is 6.96. The number of hydrogen-bond donors (Lipinski definition) is 1. The van der Waals surface area contributed by atoms with Crippen molar-refractivity contribution in [2.24, 2.45) is 0 Å². The fourth-order valence-electron chi connectivity index (χ4n) is 2.22. The third-order valence-electron chi connectivity index (χ3n) is 3.41. The predicted octanol–water partition coefficient (Wildman–Crippen LogP) is 3.14. The summed E-state index contributed by atoms with van der Waals surface area (Å²) in [7, 11) is 0. The maximum Gasteiger partial charge on any atom is 0.257 e. The van der Waals surface area contributed by atoms with Gasteiger partial charge in [0.05, 0.1) is 5.56 Å². The largest absolute Gasteiger partial charge is 0.322 e. The third kappa shape index (κ3) is 2.88. The number of amides is 1. The molecular weight excluding hydrogens is 276 g/mol. The number of pyridine rings is 1. The number of imidazole rings is 1. The Kier molecular flexibility index (Phi) is 3.70. The highest BCUT2D eigenvalue weighted by atomic mass is 16.1. The average molecular weight is 292 g/mol. The first-order chi connectivity index (χ1) is 10.6. The number of benzene rings is 1. The van der Waals surface area contributed by atoms with Crippen LogP contribution >= 0.6 is 0 Å². The summed E-state index contributed by atoms with van der Waals surface area (Å²) in [6, 6.07) is 9.47. The van der Waals surface area contributed by atoms with E-state index >= 15 is 0 Å². The number of nitrogens with one attached hydrogen (secondary N) is 1. The SMILES string of the molecule is Cc1ccc(NC(=O)c2ccc(-n3ccnc3)nc2)c(C)c1. The van der Waals surface area contributed by atoms with E-state index in [1.807, 2.05) is 32.0 Å². The topological polar surface area (TPSA) is 59.8 Å². The van der Waals surface area contributed by atoms with Gasteiger partial charge in [-0.2, -0.15) is 0 Å². The summed E-state index contributed by atoms with van der Waals surface area (Å²) in [5, 5.41) is 2.91. The number of hydrogen-bond acceptors (Lipinski definition) is 3. The zero-order valence-electron chi connectivity index (χ0n) is 12.4. The third-order valence-corrected chi connectivity index (χ3v) is 3.41. The lowest BCUT2D eigenvalue weighted by atomic mass is 10.1. The lowest BCUT2D eigenvalue weighted by Gasteiger charge is -2.09. The van der Waals surface area contributed by atoms with Gasteiger partial charge in [-0.15, -0.1) is 0 Å². The van der Waals surface area contributed by atoms with Crippen molar-refractivity contribution < 1.29 is 4.79 Å². The normalized spacial score (nSPS) is 10.5. The van der Waals surface area contributed by atoms with Gasteiger partial charge < -0.3 is 5.32 Å². The Morgan fingerprint density at radius 3 is 2.68 bits per heavy atom. The Morgan fingerprint density at radius 2 is 2.05 bits per heavy atom. The second kappa shape index (κ2) is 5.81. The highest BCUT2D eigenvalue weighted by Crippen LogP contribution is 2.17. The van der Waals surface area contributed by atoms with Gasteiger partial charge in [0, 0.05) is 24.3 Å². The molecule has 3 aromatic rings. The van der Waals surface area contributed by atoms with Gasteiger partial charge in [-0.25, -0.2) is 9.97 Å². The van der Waals surface area contributed by atoms with Crippen LogP contribution < -0.4 is 5.32 Å². The molecule has 0 saturated heterocycles. The first-order valence-corrected chi connectivity index (χ1v) is 6.96. The van der Waals surface area contributed by atoms with Crippen LogP contribution in [0.15, 0.2) is 55.2 Å². The minimum absolute atomic E-state index is 0.170. The minimum Gasteiger partial charge on any atom is -0.322 e. The van der Waals surface area contributed by atoms with Crippen molar-refractivity contribution in [2.75, 3.05) is 5.32 Å². The predicted molar refractivity (Wildman–Crippen MR) is 85.2 cm³/mol. The molecule has 1 amide bonds. The van der Waals surface area contributed by atoms with Crippen LogP contribution in [0.3, 0.4) is 0 Å². The van der Waals surface area contributed by atoms with E-state index in [0.717, 1.165) is 17.1 Å². The van der Waals surface area contributed by atoms with Gasteiger partial charge in [0.15, 0.2) is 0 Å². The van der Waals surface area contributed by atoms with Gasteiger partial charge in [-0.1, -0.05) is 17.7 Å². The Bertz CT molecular complexity index is 792. The van der Waals surface area contributed by atoms with E-state index in [1.54, 1.807) is 41.6 Å². The van der Waals surface area contributed by atoms with Crippen molar-refractivity contribution >= 4 is 11.6 Å². The molecule has 110 valence electrons. The monoisotopic (exact) mass is 292 g/mol. The van der Waals surface area contributed by atoms with Crippen molar-refractivity contribution in [3.05, 3.63) is 71.9 Å². The smallest absolute Gasteiger partial charge is 0.257 e. The number of aromatic nitrogens is 3. The first kappa shape index (κ1) is 14.0. The zero-order valence-corrected chi connectivity index (χ0v) is 12.4. The molecule has 1 aromatic carbocycles. The van der Waals surface area contributed by atoms with E-state index < -0.39 is 0 Å². The molecule has 0 aliphatic rings. The van der Waals surface area contributed by atoms with Crippen LogP contribution in [-0.4, -0.2) is 20.4 Å². The van der Waals surface area contributed by atoms with E-state index in [2.05, 4.69) is 15.3 Å². The molecule has 0 aliphatic heterocycles. The molecular formula is C17H16N4O. The molecule has 0 bridgehead atoms. The maximum atomic E-state index is 12.3. The molecule has 0 unspecified atom stereocenters. The molecule has 0 saturated carbocycles. The van der Waals surface area contributed by atoms with Gasteiger partial charge >= 0.3 is 0 Å². The quantitative estimate of drug-likeness (QED) is 0.806. The Morgan fingerprint density at radius 1 is 1.18 bits per heavy atom. The molecule has 0 atom stereocenters. The van der Waals surface area contributed by atoms with Gasteiger partial charge in [-0.3, -0.25) is 9.36 Å². The van der Waals surface area contributed by atoms with Crippen molar-refractivity contribution in [3.8, 4) is 5.82 Å². The summed E-state index contributed by atoms with van der Waals surface area (Å²) in [6.07, 6.45) is 6.71. The summed E-state index contributed by atoms with van der Waals surface area (Å²) in [6.45, 7) is 4.00. The van der Waals surface area contributed by atoms with Crippen molar-refractivity contribution in [2.45, 2.75) is 13.8 Å². The van der Waals surface area contributed by atoms with Crippen LogP contribution in [0.2, 0.25) is 0 Å². The highest BCUT2D eigenvalue weighted by molar-refractivity contribution is 6.04. The lowest BCUT2D eigenvalue weighted by molar-refractivity contribution is 0.102. The van der Waals surface area contributed by atoms with Gasteiger partial charge in [-0.05, 0) is 37.6 Å². The molecule has 0 spiro atoms. The van der Waals surface area contributed by atoms with Crippen LogP contribution in [0.25, 0.3) is 5.82 Å². The second-order valence-corrected chi connectivity index (χ2v) is 5.15. The number of nitrogens with zero attached hydrogens (tertiary/aromatic N) is 3. The number of carbonyl (C=O) groups excluding carboxylic acids is 1. The van der Waals surface area contributed by atoms with Crippen molar-refractivity contribution in [3.63, 3.8) is 0 Å². The summed E-state index contributed by atoms with van der Waals surface area (Å²) >= 11 is 0. The number of carbonyl (C=O) groups is 1. The molecule has 5 heteroatoms. The van der Waals surface area contributed by atoms with Crippen molar-refractivity contribution in [1.82, 2.24) is 14.5 Å². The maximum absolute atomic E-state index is 12.3. The minimum atomic E-state index is -0.170. The second-order valence-electron chi connectivity index (χ2n) is 5.15. The molecule has 0 radical (unpaired) electrons. The van der Waals surface area contributed by atoms with Crippen LogP contribution in [0.4, 0.5) is 5.69 Å². The molecule has 5 nitrogen and oxygen atoms in total. The number of anilines is 1. The van der Waals surface area contributed by atoms with Crippen LogP contribution in [0, 0.1) is 13.8 Å². The Balaban J connectivity index is 1.77. The van der Waals surface area contributed by atoms with Gasteiger partial charge in [0.2, 0.25) is 0 Å². The summed E-state index contributed by atoms with van der Waals surface area (Å²) in [5.41, 5.74) is 3.54. The van der Waals surface area contributed by atoms with E-state index in [-0.39, 0.29) is 5.91 Å². The zero-order chi connectivity index (χ0) is 15.5. The average Bonchev–Trinajstić information content (AvgIpc) is 3.04. The van der Waals surface area contributed by atoms with Crippen LogP contribution in [-0.2, 0) is 0 Å². The van der Waals surface area contributed by atoms with E-state index in [1.165, 1.54) is 5.56 Å². The Hall–Kier alpha value is -2.95. The van der Waals surface area contributed by atoms with Crippen molar-refractivity contribution in [1.29, 1.82) is 0 Å². The molecule has 2 heterocycles. The molecule has 22 heavy (non-hydrogen) atoms. The standard InChI is InChI=1S/C17H16N4O/c1-12-3-5-15(13(2)9-12)20-17(22)14-4-6-16(19-10-14)21-8-7-18-11-21/h3-11H,1-2H3,(H,20,22). The summed E-state index contributed by atoms with van der Waals surface area (Å²) < 4.78 is 1.78. The fraction of sp³-hybridized carbons (Fsp3) is 0.118. The van der Waals surface area contributed by atoms with E-state index in [9.17, 15) is 4.79 Å². The molecule has 1 N–H and O–H groups in total. The van der Waals surface area contributed by atoms with Gasteiger partial charge in [0.1, 0.15) is 12.1 Å². The highest BCUT2D eigenvalue weighted by Gasteiger charge is 2.09. The molecule has 0 aliphatic carbocycles. The fourth-order valence-corrected chi connectivity index (χ4v) is 2.22. The van der Waals surface area contributed by atoms with E-state index in [4.69, 9.17) is 0 Å². The molecule has 0 fully saturated rings. The van der Waals surface area contributed by atoms with Gasteiger partial charge in [0.25, 0.3) is 5.91 Å². The Labute approximate surface area is 128 Å². The van der Waals surface area contributed by atoms with Crippen LogP contribution in [0.1, 0.15) is 21.5 Å². The lowest BCUT2D eigenvalue weighted by Crippen LogP contribution is -2.13. The summed E-state index contributed by atoms with van der Waals surface area (Å²) in [4.78, 5) is 20.5. The van der Waals surface area contributed by atoms with Crippen LogP contribution in [0.5, 0.6) is 0 Å². The van der Waals surface area contributed by atoms with E-state index in [0.29, 0.717) is 5.56 Å². The molecule has 3 rings (SSSR count). The summed E-state index contributed by atoms with van der Waals surface area (Å²) in [5.74, 6) is 0.553. The number of rotatable bonds is 3.